The molecule has 0 fully saturated rings. The van der Waals surface area contributed by atoms with Crippen LogP contribution in [0.4, 0.5) is 10.3 Å². The summed E-state index contributed by atoms with van der Waals surface area (Å²) >= 11 is 0. The molecule has 0 saturated heterocycles. The third-order valence-corrected chi connectivity index (χ3v) is 3.08. The number of hydrogen-bond acceptors (Lipinski definition) is 3. The molecule has 0 aliphatic heterocycles. The fourth-order valence-electron chi connectivity index (χ4n) is 2.14. The first-order chi connectivity index (χ1) is 9.72. The van der Waals surface area contributed by atoms with Crippen molar-refractivity contribution in [2.24, 2.45) is 0 Å². The largest absolute Gasteiger partial charge is 0.368 e. The molecule has 0 amide bonds. The van der Waals surface area contributed by atoms with E-state index in [1.54, 1.807) is 12.1 Å². The normalized spacial score (nSPS) is 10.7. The molecule has 0 radical (unpaired) electrons. The molecular formula is C16H13FN2O. The molecule has 0 spiro atoms. The zero-order chi connectivity index (χ0) is 13.9. The first-order valence-electron chi connectivity index (χ1n) is 6.27. The lowest BCUT2D eigenvalue weighted by Gasteiger charge is -2.05. The van der Waals surface area contributed by atoms with E-state index in [9.17, 15) is 4.39 Å². The number of halogens is 1. The lowest BCUT2D eigenvalue weighted by atomic mass is 10.0. The van der Waals surface area contributed by atoms with E-state index in [0.29, 0.717) is 17.7 Å². The lowest BCUT2D eigenvalue weighted by molar-refractivity contribution is 0.429. The predicted octanol–water partition coefficient (Wildman–Crippen LogP) is 3.65. The second-order valence-corrected chi connectivity index (χ2v) is 4.58. The molecule has 0 unspecified atom stereocenters. The predicted molar refractivity (Wildman–Crippen MR) is 75.6 cm³/mol. The SMILES string of the molecule is Nc1cc(Cc2ccc(-c3ccccc3)c(F)c2)no1. The quantitative estimate of drug-likeness (QED) is 0.788. The minimum absolute atomic E-state index is 0.245. The molecule has 0 aliphatic carbocycles. The van der Waals surface area contributed by atoms with Crippen LogP contribution >= 0.6 is 0 Å². The number of nitrogen functional groups attached to an aromatic ring is 1. The van der Waals surface area contributed by atoms with Gasteiger partial charge in [0, 0.05) is 18.1 Å². The van der Waals surface area contributed by atoms with E-state index in [0.717, 1.165) is 11.1 Å². The Morgan fingerprint density at radius 2 is 1.85 bits per heavy atom. The van der Waals surface area contributed by atoms with Crippen molar-refractivity contribution < 1.29 is 8.91 Å². The Balaban J connectivity index is 1.88. The number of nitrogens with two attached hydrogens (primary N) is 1. The van der Waals surface area contributed by atoms with Gasteiger partial charge in [0.05, 0.1) is 5.69 Å². The van der Waals surface area contributed by atoms with Crippen LogP contribution in [0.25, 0.3) is 11.1 Å². The minimum Gasteiger partial charge on any atom is -0.368 e. The Morgan fingerprint density at radius 3 is 2.50 bits per heavy atom. The van der Waals surface area contributed by atoms with Crippen molar-refractivity contribution in [3.05, 3.63) is 71.7 Å². The van der Waals surface area contributed by atoms with Gasteiger partial charge in [-0.25, -0.2) is 4.39 Å². The summed E-state index contributed by atoms with van der Waals surface area (Å²) in [6, 6.07) is 16.3. The Hall–Kier alpha value is -2.62. The first kappa shape index (κ1) is 12.4. The molecule has 3 rings (SSSR count). The van der Waals surface area contributed by atoms with Gasteiger partial charge in [-0.1, -0.05) is 47.6 Å². The van der Waals surface area contributed by atoms with E-state index in [2.05, 4.69) is 5.16 Å². The first-order valence-corrected chi connectivity index (χ1v) is 6.27. The molecule has 0 bridgehead atoms. The summed E-state index contributed by atoms with van der Waals surface area (Å²) in [6.45, 7) is 0. The van der Waals surface area contributed by atoms with Crippen LogP contribution in [0.1, 0.15) is 11.3 Å². The molecule has 0 aliphatic rings. The summed E-state index contributed by atoms with van der Waals surface area (Å²) in [7, 11) is 0. The lowest BCUT2D eigenvalue weighted by Crippen LogP contribution is -1.91. The topological polar surface area (TPSA) is 52.0 Å². The van der Waals surface area contributed by atoms with Crippen LogP contribution in [0.2, 0.25) is 0 Å². The van der Waals surface area contributed by atoms with E-state index < -0.39 is 0 Å². The van der Waals surface area contributed by atoms with E-state index >= 15 is 0 Å². The van der Waals surface area contributed by atoms with E-state index in [1.165, 1.54) is 6.07 Å². The molecule has 4 heteroatoms. The van der Waals surface area contributed by atoms with Gasteiger partial charge in [0.25, 0.3) is 0 Å². The Labute approximate surface area is 115 Å². The number of aromatic nitrogens is 1. The molecule has 3 aromatic rings. The summed E-state index contributed by atoms with van der Waals surface area (Å²) in [6.07, 6.45) is 0.493. The van der Waals surface area contributed by atoms with Gasteiger partial charge >= 0.3 is 0 Å². The molecule has 1 heterocycles. The summed E-state index contributed by atoms with van der Waals surface area (Å²) in [5, 5.41) is 3.80. The van der Waals surface area contributed by atoms with Crippen molar-refractivity contribution >= 4 is 5.88 Å². The van der Waals surface area contributed by atoms with Gasteiger partial charge in [0.1, 0.15) is 5.82 Å². The van der Waals surface area contributed by atoms with Gasteiger partial charge in [-0.15, -0.1) is 0 Å². The minimum atomic E-state index is -0.245. The van der Waals surface area contributed by atoms with Gasteiger partial charge in [-0.3, -0.25) is 0 Å². The van der Waals surface area contributed by atoms with Crippen LogP contribution in [0.5, 0.6) is 0 Å². The molecule has 100 valence electrons. The maximum Gasteiger partial charge on any atom is 0.222 e. The van der Waals surface area contributed by atoms with Crippen LogP contribution in [-0.4, -0.2) is 5.16 Å². The van der Waals surface area contributed by atoms with Gasteiger partial charge in [0.2, 0.25) is 5.88 Å². The Kier molecular flexibility index (Phi) is 3.21. The summed E-state index contributed by atoms with van der Waals surface area (Å²) in [4.78, 5) is 0. The van der Waals surface area contributed by atoms with Crippen molar-refractivity contribution in [3.63, 3.8) is 0 Å². The molecule has 2 N–H and O–H groups in total. The molecule has 0 atom stereocenters. The third kappa shape index (κ3) is 2.54. The second-order valence-electron chi connectivity index (χ2n) is 4.58. The van der Waals surface area contributed by atoms with E-state index in [4.69, 9.17) is 10.3 Å². The number of rotatable bonds is 3. The Bertz CT molecular complexity index is 722. The van der Waals surface area contributed by atoms with Crippen LogP contribution in [0.15, 0.2) is 59.1 Å². The number of hydrogen-bond donors (Lipinski definition) is 1. The molecular weight excluding hydrogens is 255 g/mol. The highest BCUT2D eigenvalue weighted by molar-refractivity contribution is 5.64. The van der Waals surface area contributed by atoms with Gasteiger partial charge in [-0.05, 0) is 17.2 Å². The standard InChI is InChI=1S/C16H13FN2O/c17-15-9-11(8-13-10-16(18)20-19-13)6-7-14(15)12-4-2-1-3-5-12/h1-7,9-10H,8,18H2. The van der Waals surface area contributed by atoms with Gasteiger partial charge in [-0.2, -0.15) is 0 Å². The maximum atomic E-state index is 14.2. The van der Waals surface area contributed by atoms with Crippen molar-refractivity contribution in [3.8, 4) is 11.1 Å². The number of nitrogens with zero attached hydrogens (tertiary/aromatic N) is 1. The zero-order valence-electron chi connectivity index (χ0n) is 10.7. The average Bonchev–Trinajstić information content (AvgIpc) is 2.85. The molecule has 2 aromatic carbocycles. The summed E-state index contributed by atoms with van der Waals surface area (Å²) in [5.41, 5.74) is 8.43. The van der Waals surface area contributed by atoms with Crippen molar-refractivity contribution in [2.45, 2.75) is 6.42 Å². The average molecular weight is 268 g/mol. The molecule has 3 nitrogen and oxygen atoms in total. The highest BCUT2D eigenvalue weighted by atomic mass is 19.1. The third-order valence-electron chi connectivity index (χ3n) is 3.08. The fourth-order valence-corrected chi connectivity index (χ4v) is 2.14. The van der Waals surface area contributed by atoms with E-state index in [1.807, 2.05) is 36.4 Å². The fraction of sp³-hybridized carbons (Fsp3) is 0.0625. The van der Waals surface area contributed by atoms with Crippen molar-refractivity contribution in [2.75, 3.05) is 5.73 Å². The smallest absolute Gasteiger partial charge is 0.222 e. The second kappa shape index (κ2) is 5.17. The van der Waals surface area contributed by atoms with Crippen LogP contribution in [0, 0.1) is 5.82 Å². The van der Waals surface area contributed by atoms with Gasteiger partial charge in [0.15, 0.2) is 0 Å². The molecule has 0 saturated carbocycles. The molecule has 1 aromatic heterocycles. The Morgan fingerprint density at radius 1 is 1.05 bits per heavy atom. The number of benzene rings is 2. The monoisotopic (exact) mass is 268 g/mol. The van der Waals surface area contributed by atoms with Crippen molar-refractivity contribution in [1.82, 2.24) is 5.16 Å². The zero-order valence-corrected chi connectivity index (χ0v) is 10.7. The van der Waals surface area contributed by atoms with E-state index in [-0.39, 0.29) is 11.7 Å². The van der Waals surface area contributed by atoms with Gasteiger partial charge < -0.3 is 10.3 Å². The van der Waals surface area contributed by atoms with Crippen LogP contribution in [-0.2, 0) is 6.42 Å². The van der Waals surface area contributed by atoms with Crippen molar-refractivity contribution in [1.29, 1.82) is 0 Å². The highest BCUT2D eigenvalue weighted by Gasteiger charge is 2.08. The van der Waals surface area contributed by atoms with Crippen LogP contribution in [0.3, 0.4) is 0 Å². The van der Waals surface area contributed by atoms with Crippen LogP contribution < -0.4 is 5.73 Å². The molecule has 20 heavy (non-hydrogen) atoms. The summed E-state index contributed by atoms with van der Waals surface area (Å²) < 4.78 is 19.0. The number of anilines is 1. The maximum absolute atomic E-state index is 14.2. The summed E-state index contributed by atoms with van der Waals surface area (Å²) in [5.74, 6) is 0.0199. The highest BCUT2D eigenvalue weighted by Crippen LogP contribution is 2.24.